The second-order valence-corrected chi connectivity index (χ2v) is 7.71. The molecule has 0 aromatic heterocycles. The van der Waals surface area contributed by atoms with E-state index in [-0.39, 0.29) is 5.91 Å². The van der Waals surface area contributed by atoms with Gasteiger partial charge in [-0.1, -0.05) is 66.2 Å². The predicted molar refractivity (Wildman–Crippen MR) is 125 cm³/mol. The standard InChI is InChI=1S/C26H23ClN2O/c1-28-16-18-5-14-25-22(15-18)3-2-4-23(25)17-29-26(30)21-8-6-19(7-9-21)20-10-12-24(27)13-11-20/h2-15,28H,16-17H2,1H3,(H,29,30). The Morgan fingerprint density at radius 3 is 2.23 bits per heavy atom. The maximum absolute atomic E-state index is 12.6. The number of fused-ring (bicyclic) bond motifs is 1. The number of carbonyl (C=O) groups excluding carboxylic acids is 1. The van der Waals surface area contributed by atoms with Gasteiger partial charge in [-0.05, 0) is 70.4 Å². The summed E-state index contributed by atoms with van der Waals surface area (Å²) in [6, 6.07) is 27.9. The van der Waals surface area contributed by atoms with Gasteiger partial charge in [-0.2, -0.15) is 0 Å². The number of hydrogen-bond donors (Lipinski definition) is 2. The van der Waals surface area contributed by atoms with E-state index in [4.69, 9.17) is 11.6 Å². The van der Waals surface area contributed by atoms with Gasteiger partial charge in [0.1, 0.15) is 0 Å². The highest BCUT2D eigenvalue weighted by atomic mass is 35.5. The van der Waals surface area contributed by atoms with Crippen molar-refractivity contribution in [2.45, 2.75) is 13.1 Å². The third kappa shape index (κ3) is 4.54. The van der Waals surface area contributed by atoms with Gasteiger partial charge in [0.25, 0.3) is 5.91 Å². The van der Waals surface area contributed by atoms with Crippen LogP contribution in [0.2, 0.25) is 5.02 Å². The lowest BCUT2D eigenvalue weighted by molar-refractivity contribution is 0.0951. The van der Waals surface area contributed by atoms with Crippen molar-refractivity contribution in [1.82, 2.24) is 10.6 Å². The summed E-state index contributed by atoms with van der Waals surface area (Å²) in [7, 11) is 1.94. The summed E-state index contributed by atoms with van der Waals surface area (Å²) < 4.78 is 0. The van der Waals surface area contributed by atoms with Crippen LogP contribution in [0.1, 0.15) is 21.5 Å². The van der Waals surface area contributed by atoms with E-state index < -0.39 is 0 Å². The van der Waals surface area contributed by atoms with E-state index in [2.05, 4.69) is 41.0 Å². The molecule has 4 aromatic rings. The monoisotopic (exact) mass is 414 g/mol. The molecule has 0 saturated heterocycles. The van der Waals surface area contributed by atoms with Gasteiger partial charge in [0.2, 0.25) is 0 Å². The molecule has 0 spiro atoms. The van der Waals surface area contributed by atoms with Crippen LogP contribution in [0.5, 0.6) is 0 Å². The summed E-state index contributed by atoms with van der Waals surface area (Å²) in [5.74, 6) is -0.0820. The maximum Gasteiger partial charge on any atom is 0.251 e. The molecule has 0 unspecified atom stereocenters. The van der Waals surface area contributed by atoms with Crippen molar-refractivity contribution in [1.29, 1.82) is 0 Å². The average Bonchev–Trinajstić information content (AvgIpc) is 2.78. The van der Waals surface area contributed by atoms with Crippen molar-refractivity contribution in [3.8, 4) is 11.1 Å². The van der Waals surface area contributed by atoms with E-state index in [1.54, 1.807) is 0 Å². The van der Waals surface area contributed by atoms with Crippen LogP contribution in [0.3, 0.4) is 0 Å². The minimum Gasteiger partial charge on any atom is -0.348 e. The van der Waals surface area contributed by atoms with Gasteiger partial charge in [0, 0.05) is 23.7 Å². The van der Waals surface area contributed by atoms with Crippen LogP contribution in [0.15, 0.2) is 84.9 Å². The van der Waals surface area contributed by atoms with Crippen LogP contribution in [-0.4, -0.2) is 13.0 Å². The Labute approximate surface area is 181 Å². The fraction of sp³-hybridized carbons (Fsp3) is 0.115. The lowest BCUT2D eigenvalue weighted by Crippen LogP contribution is -2.22. The smallest absolute Gasteiger partial charge is 0.251 e. The van der Waals surface area contributed by atoms with Crippen LogP contribution in [0.25, 0.3) is 21.9 Å². The summed E-state index contributed by atoms with van der Waals surface area (Å²) in [5, 5.41) is 9.28. The van der Waals surface area contributed by atoms with Crippen molar-refractivity contribution < 1.29 is 4.79 Å². The zero-order valence-corrected chi connectivity index (χ0v) is 17.5. The number of nitrogens with one attached hydrogen (secondary N) is 2. The predicted octanol–water partition coefficient (Wildman–Crippen LogP) is 5.81. The molecular weight excluding hydrogens is 392 g/mol. The summed E-state index contributed by atoms with van der Waals surface area (Å²) in [5.41, 5.74) is 5.11. The topological polar surface area (TPSA) is 41.1 Å². The van der Waals surface area contributed by atoms with Crippen molar-refractivity contribution >= 4 is 28.3 Å². The molecule has 0 saturated carbocycles. The molecule has 4 heteroatoms. The van der Waals surface area contributed by atoms with E-state index >= 15 is 0 Å². The average molecular weight is 415 g/mol. The van der Waals surface area contributed by atoms with E-state index in [9.17, 15) is 4.79 Å². The number of rotatable bonds is 6. The zero-order chi connectivity index (χ0) is 20.9. The molecule has 0 radical (unpaired) electrons. The van der Waals surface area contributed by atoms with Crippen molar-refractivity contribution in [2.24, 2.45) is 0 Å². The van der Waals surface area contributed by atoms with Crippen molar-refractivity contribution in [3.63, 3.8) is 0 Å². The van der Waals surface area contributed by atoms with Crippen LogP contribution in [-0.2, 0) is 13.1 Å². The van der Waals surface area contributed by atoms with Gasteiger partial charge in [-0.15, -0.1) is 0 Å². The first-order valence-electron chi connectivity index (χ1n) is 9.93. The summed E-state index contributed by atoms with van der Waals surface area (Å²) >= 11 is 5.95. The third-order valence-electron chi connectivity index (χ3n) is 5.18. The second-order valence-electron chi connectivity index (χ2n) is 7.27. The fourth-order valence-corrected chi connectivity index (χ4v) is 3.73. The molecule has 0 heterocycles. The van der Waals surface area contributed by atoms with Gasteiger partial charge in [0.15, 0.2) is 0 Å². The first kappa shape index (κ1) is 20.1. The molecule has 2 N–H and O–H groups in total. The number of amides is 1. The lowest BCUT2D eigenvalue weighted by atomic mass is 10.0. The number of hydrogen-bond acceptors (Lipinski definition) is 2. The number of carbonyl (C=O) groups is 1. The van der Waals surface area contributed by atoms with Crippen LogP contribution in [0, 0.1) is 0 Å². The van der Waals surface area contributed by atoms with Gasteiger partial charge in [-0.25, -0.2) is 0 Å². The van der Waals surface area contributed by atoms with Crippen LogP contribution < -0.4 is 10.6 Å². The van der Waals surface area contributed by atoms with Gasteiger partial charge >= 0.3 is 0 Å². The lowest BCUT2D eigenvalue weighted by Gasteiger charge is -2.10. The fourth-order valence-electron chi connectivity index (χ4n) is 3.60. The Hall–Kier alpha value is -3.14. The Morgan fingerprint density at radius 1 is 0.833 bits per heavy atom. The Bertz CT molecular complexity index is 1170. The molecular formula is C26H23ClN2O. The minimum absolute atomic E-state index is 0.0820. The third-order valence-corrected chi connectivity index (χ3v) is 5.43. The molecule has 1 amide bonds. The first-order valence-corrected chi connectivity index (χ1v) is 10.3. The molecule has 3 nitrogen and oxygen atoms in total. The Balaban J connectivity index is 1.46. The number of halogens is 1. The largest absolute Gasteiger partial charge is 0.348 e. The van der Waals surface area contributed by atoms with E-state index in [1.807, 2.05) is 61.6 Å². The highest BCUT2D eigenvalue weighted by Gasteiger charge is 2.08. The van der Waals surface area contributed by atoms with E-state index in [1.165, 1.54) is 10.9 Å². The molecule has 0 aliphatic carbocycles. The summed E-state index contributed by atoms with van der Waals surface area (Å²) in [4.78, 5) is 12.6. The molecule has 0 atom stereocenters. The normalized spacial score (nSPS) is 10.9. The van der Waals surface area contributed by atoms with Crippen molar-refractivity contribution in [2.75, 3.05) is 7.05 Å². The highest BCUT2D eigenvalue weighted by Crippen LogP contribution is 2.23. The quantitative estimate of drug-likeness (QED) is 0.418. The molecule has 0 bridgehead atoms. The zero-order valence-electron chi connectivity index (χ0n) is 16.8. The molecule has 0 fully saturated rings. The molecule has 0 aliphatic heterocycles. The first-order chi connectivity index (χ1) is 14.6. The molecule has 0 aliphatic rings. The highest BCUT2D eigenvalue weighted by molar-refractivity contribution is 6.30. The van der Waals surface area contributed by atoms with Gasteiger partial charge in [0.05, 0.1) is 0 Å². The molecule has 150 valence electrons. The summed E-state index contributed by atoms with van der Waals surface area (Å²) in [6.07, 6.45) is 0. The molecule has 4 aromatic carbocycles. The second kappa shape index (κ2) is 9.12. The van der Waals surface area contributed by atoms with Gasteiger partial charge < -0.3 is 10.6 Å². The van der Waals surface area contributed by atoms with Crippen LogP contribution >= 0.6 is 11.6 Å². The van der Waals surface area contributed by atoms with Crippen LogP contribution in [0.4, 0.5) is 0 Å². The van der Waals surface area contributed by atoms with Crippen molar-refractivity contribution in [3.05, 3.63) is 107 Å². The Morgan fingerprint density at radius 2 is 1.53 bits per heavy atom. The van der Waals surface area contributed by atoms with Gasteiger partial charge in [-0.3, -0.25) is 4.79 Å². The SMILES string of the molecule is CNCc1ccc2c(CNC(=O)c3ccc(-c4ccc(Cl)cc4)cc3)cccc2c1. The van der Waals surface area contributed by atoms with E-state index in [0.717, 1.165) is 28.6 Å². The maximum atomic E-state index is 12.6. The Kier molecular flexibility index (Phi) is 6.12. The van der Waals surface area contributed by atoms with E-state index in [0.29, 0.717) is 17.1 Å². The molecule has 4 rings (SSSR count). The number of benzene rings is 4. The molecule has 30 heavy (non-hydrogen) atoms. The summed E-state index contributed by atoms with van der Waals surface area (Å²) in [6.45, 7) is 1.32. The minimum atomic E-state index is -0.0820.